The van der Waals surface area contributed by atoms with Crippen molar-refractivity contribution in [2.75, 3.05) is 25.2 Å². The van der Waals surface area contributed by atoms with E-state index in [1.165, 1.54) is 6.42 Å². The predicted octanol–water partition coefficient (Wildman–Crippen LogP) is 1.99. The van der Waals surface area contributed by atoms with E-state index in [4.69, 9.17) is 9.84 Å². The smallest absolute Gasteiger partial charge is 0.232 e. The van der Waals surface area contributed by atoms with Gasteiger partial charge in [-0.1, -0.05) is 0 Å². The Labute approximate surface area is 115 Å². The largest absolute Gasteiger partial charge is 0.480 e. The molecular weight excluding hydrogens is 298 g/mol. The summed E-state index contributed by atoms with van der Waals surface area (Å²) in [5.41, 5.74) is 0. The van der Waals surface area contributed by atoms with E-state index in [-0.39, 0.29) is 6.61 Å². The van der Waals surface area contributed by atoms with Crippen molar-refractivity contribution in [3.8, 4) is 5.88 Å². The lowest BCUT2D eigenvalue weighted by Gasteiger charge is -2.35. The summed E-state index contributed by atoms with van der Waals surface area (Å²) in [6.07, 6.45) is 5.91. The molecule has 0 aromatic carbocycles. The summed E-state index contributed by atoms with van der Waals surface area (Å²) < 4.78 is 5.95. The minimum absolute atomic E-state index is 0.203. The summed E-state index contributed by atoms with van der Waals surface area (Å²) in [4.78, 5) is 10.9. The Morgan fingerprint density at radius 2 is 2.39 bits per heavy atom. The van der Waals surface area contributed by atoms with Gasteiger partial charge < -0.3 is 14.7 Å². The fourth-order valence-electron chi connectivity index (χ4n) is 2.34. The second kappa shape index (κ2) is 6.33. The van der Waals surface area contributed by atoms with Crippen LogP contribution in [0.4, 0.5) is 5.95 Å². The van der Waals surface area contributed by atoms with Gasteiger partial charge in [0.05, 0.1) is 17.8 Å². The number of hydrogen-bond donors (Lipinski definition) is 1. The molecule has 0 bridgehead atoms. The van der Waals surface area contributed by atoms with Crippen LogP contribution in [0.25, 0.3) is 0 Å². The highest BCUT2D eigenvalue weighted by Crippen LogP contribution is 2.28. The maximum absolute atomic E-state index is 9.13. The average Bonchev–Trinajstić information content (AvgIpc) is 2.40. The normalized spacial score (nSPS) is 19.9. The second-order valence-corrected chi connectivity index (χ2v) is 5.24. The van der Waals surface area contributed by atoms with Crippen molar-refractivity contribution in [1.29, 1.82) is 0 Å². The number of ether oxygens (including phenoxy) is 1. The van der Waals surface area contributed by atoms with Crippen LogP contribution in [-0.2, 0) is 0 Å². The molecule has 1 aliphatic rings. The zero-order chi connectivity index (χ0) is 13.0. The first-order valence-corrected chi connectivity index (χ1v) is 6.99. The molecule has 0 spiro atoms. The van der Waals surface area contributed by atoms with E-state index in [0.717, 1.165) is 30.3 Å². The van der Waals surface area contributed by atoms with E-state index in [1.807, 2.05) is 0 Å². The van der Waals surface area contributed by atoms with Crippen LogP contribution in [0, 0.1) is 0 Å². The molecule has 1 atom stereocenters. The van der Waals surface area contributed by atoms with E-state index >= 15 is 0 Å². The van der Waals surface area contributed by atoms with Crippen molar-refractivity contribution >= 4 is 21.9 Å². The lowest BCUT2D eigenvalue weighted by molar-refractivity contribution is 0.261. The van der Waals surface area contributed by atoms with Crippen LogP contribution >= 0.6 is 15.9 Å². The molecule has 1 aliphatic heterocycles. The molecule has 0 radical (unpaired) electrons. The average molecular weight is 316 g/mol. The van der Waals surface area contributed by atoms with Crippen LogP contribution in [0.5, 0.6) is 5.88 Å². The summed E-state index contributed by atoms with van der Waals surface area (Å²) in [5, 5.41) is 9.13. The van der Waals surface area contributed by atoms with Crippen molar-refractivity contribution in [2.24, 2.45) is 0 Å². The number of aliphatic hydroxyl groups excluding tert-OH is 1. The van der Waals surface area contributed by atoms with Crippen LogP contribution in [0.1, 0.15) is 25.7 Å². The molecule has 1 aromatic rings. The Bertz CT molecular complexity index is 401. The molecule has 0 aliphatic carbocycles. The summed E-state index contributed by atoms with van der Waals surface area (Å²) in [6.45, 7) is 1.14. The molecule has 1 N–H and O–H groups in total. The van der Waals surface area contributed by atoms with Gasteiger partial charge >= 0.3 is 0 Å². The fraction of sp³-hybridized carbons (Fsp3) is 0.667. The maximum atomic E-state index is 9.13. The Balaban J connectivity index is 2.22. The number of piperidine rings is 1. The fourth-order valence-corrected chi connectivity index (χ4v) is 2.69. The summed E-state index contributed by atoms with van der Waals surface area (Å²) >= 11 is 3.35. The lowest BCUT2D eigenvalue weighted by atomic mass is 10.0. The quantitative estimate of drug-likeness (QED) is 0.920. The second-order valence-electron chi connectivity index (χ2n) is 4.38. The number of aromatic nitrogens is 2. The van der Waals surface area contributed by atoms with Gasteiger partial charge in [0.15, 0.2) is 0 Å². The van der Waals surface area contributed by atoms with Gasteiger partial charge in [-0.2, -0.15) is 4.98 Å². The zero-order valence-corrected chi connectivity index (χ0v) is 12.1. The molecule has 2 rings (SSSR count). The molecule has 0 amide bonds. The topological polar surface area (TPSA) is 58.5 Å². The highest BCUT2D eigenvalue weighted by Gasteiger charge is 2.24. The van der Waals surface area contributed by atoms with Gasteiger partial charge in [-0.05, 0) is 41.6 Å². The lowest BCUT2D eigenvalue weighted by Crippen LogP contribution is -2.41. The number of anilines is 1. The van der Waals surface area contributed by atoms with Gasteiger partial charge in [-0.15, -0.1) is 0 Å². The Hall–Kier alpha value is -0.880. The molecule has 6 heteroatoms. The third kappa shape index (κ3) is 2.92. The van der Waals surface area contributed by atoms with Crippen LogP contribution in [0.2, 0.25) is 0 Å². The predicted molar refractivity (Wildman–Crippen MR) is 73.0 cm³/mol. The minimum atomic E-state index is 0.203. The number of rotatable bonds is 4. The van der Waals surface area contributed by atoms with Gasteiger partial charge in [0.25, 0.3) is 0 Å². The summed E-state index contributed by atoms with van der Waals surface area (Å²) in [6, 6.07) is 0.328. The molecule has 2 heterocycles. The van der Waals surface area contributed by atoms with E-state index in [1.54, 1.807) is 13.3 Å². The molecule has 5 nitrogen and oxygen atoms in total. The molecule has 1 aromatic heterocycles. The van der Waals surface area contributed by atoms with Crippen LogP contribution < -0.4 is 9.64 Å². The molecule has 100 valence electrons. The van der Waals surface area contributed by atoms with Gasteiger partial charge in [-0.3, -0.25) is 0 Å². The molecular formula is C12H18BrN3O2. The third-order valence-corrected chi connectivity index (χ3v) is 3.78. The number of aliphatic hydroxyl groups is 1. The van der Waals surface area contributed by atoms with Crippen molar-refractivity contribution in [2.45, 2.75) is 31.7 Å². The first-order valence-electron chi connectivity index (χ1n) is 6.20. The number of nitrogens with zero attached hydrogens (tertiary/aromatic N) is 3. The number of halogens is 1. The monoisotopic (exact) mass is 315 g/mol. The zero-order valence-electron chi connectivity index (χ0n) is 10.5. The Kier molecular flexibility index (Phi) is 4.77. The number of hydrogen-bond acceptors (Lipinski definition) is 5. The number of methoxy groups -OCH3 is 1. The Morgan fingerprint density at radius 1 is 1.56 bits per heavy atom. The highest BCUT2D eigenvalue weighted by molar-refractivity contribution is 9.10. The Morgan fingerprint density at radius 3 is 3.11 bits per heavy atom. The van der Waals surface area contributed by atoms with Crippen molar-refractivity contribution in [3.05, 3.63) is 10.7 Å². The molecule has 18 heavy (non-hydrogen) atoms. The molecule has 0 saturated carbocycles. The van der Waals surface area contributed by atoms with Gasteiger partial charge in [0, 0.05) is 19.2 Å². The van der Waals surface area contributed by atoms with Crippen molar-refractivity contribution in [1.82, 2.24) is 9.97 Å². The maximum Gasteiger partial charge on any atom is 0.232 e. The van der Waals surface area contributed by atoms with Crippen LogP contribution in [0.3, 0.4) is 0 Å². The van der Waals surface area contributed by atoms with E-state index in [9.17, 15) is 0 Å². The van der Waals surface area contributed by atoms with Crippen molar-refractivity contribution < 1.29 is 9.84 Å². The standard InChI is InChI=1S/C12H18BrN3O2/c1-18-11-10(13)8-14-12(15-11)16-6-3-2-4-9(16)5-7-17/h8-9,17H,2-7H2,1H3. The third-order valence-electron chi connectivity index (χ3n) is 3.24. The van der Waals surface area contributed by atoms with E-state index in [2.05, 4.69) is 30.8 Å². The van der Waals surface area contributed by atoms with E-state index < -0.39 is 0 Å². The van der Waals surface area contributed by atoms with Crippen LogP contribution in [0.15, 0.2) is 10.7 Å². The molecule has 1 unspecified atom stereocenters. The SMILES string of the molecule is COc1nc(N2CCCCC2CCO)ncc1Br. The minimum Gasteiger partial charge on any atom is -0.480 e. The van der Waals surface area contributed by atoms with Crippen LogP contribution in [-0.4, -0.2) is 41.4 Å². The van der Waals surface area contributed by atoms with Crippen molar-refractivity contribution in [3.63, 3.8) is 0 Å². The molecule has 1 fully saturated rings. The van der Waals surface area contributed by atoms with Gasteiger partial charge in [-0.25, -0.2) is 4.98 Å². The molecule has 1 saturated heterocycles. The highest BCUT2D eigenvalue weighted by atomic mass is 79.9. The van der Waals surface area contributed by atoms with E-state index in [0.29, 0.717) is 17.9 Å². The summed E-state index contributed by atoms with van der Waals surface area (Å²) in [7, 11) is 1.60. The summed E-state index contributed by atoms with van der Waals surface area (Å²) in [5.74, 6) is 1.24. The first kappa shape index (κ1) is 13.5. The first-order chi connectivity index (χ1) is 8.76. The van der Waals surface area contributed by atoms with Gasteiger partial charge in [0.1, 0.15) is 0 Å². The van der Waals surface area contributed by atoms with Gasteiger partial charge in [0.2, 0.25) is 11.8 Å².